The van der Waals surface area contributed by atoms with Gasteiger partial charge >= 0.3 is 0 Å². The molecule has 0 aliphatic rings. The smallest absolute Gasteiger partial charge is 0.241 e. The molecule has 1 aromatic rings. The van der Waals surface area contributed by atoms with E-state index in [-0.39, 0.29) is 12.0 Å². The van der Waals surface area contributed by atoms with E-state index in [1.165, 1.54) is 19.3 Å². The molecular formula is C11H17FN2O2S. The van der Waals surface area contributed by atoms with Crippen LogP contribution >= 0.6 is 0 Å². The van der Waals surface area contributed by atoms with Crippen LogP contribution < -0.4 is 0 Å². The molecule has 1 unspecified atom stereocenters. The van der Waals surface area contributed by atoms with E-state index in [9.17, 15) is 12.8 Å². The lowest BCUT2D eigenvalue weighted by Gasteiger charge is -2.26. The molecule has 6 heteroatoms. The van der Waals surface area contributed by atoms with Crippen molar-refractivity contribution >= 4 is 10.0 Å². The zero-order chi connectivity index (χ0) is 13.2. The van der Waals surface area contributed by atoms with E-state index in [4.69, 9.17) is 0 Å². The lowest BCUT2D eigenvalue weighted by Crippen LogP contribution is -2.38. The largest absolute Gasteiger partial charge is 0.263 e. The summed E-state index contributed by atoms with van der Waals surface area (Å²) < 4.78 is 38.8. The Morgan fingerprint density at radius 2 is 1.94 bits per heavy atom. The molecule has 1 atom stereocenters. The fourth-order valence-electron chi connectivity index (χ4n) is 1.34. The second-order valence-electron chi connectivity index (χ2n) is 4.30. The SMILES string of the molecule is CC(C)C(C)N(C)S(=O)(=O)c1ncccc1F. The van der Waals surface area contributed by atoms with E-state index < -0.39 is 20.9 Å². The van der Waals surface area contributed by atoms with E-state index in [1.807, 2.05) is 13.8 Å². The van der Waals surface area contributed by atoms with Crippen LogP contribution in [0.25, 0.3) is 0 Å². The van der Waals surface area contributed by atoms with Gasteiger partial charge in [0.15, 0.2) is 5.82 Å². The molecule has 0 aliphatic carbocycles. The molecule has 0 radical (unpaired) electrons. The summed E-state index contributed by atoms with van der Waals surface area (Å²) in [6.07, 6.45) is 1.27. The van der Waals surface area contributed by atoms with Crippen LogP contribution in [0.3, 0.4) is 0 Å². The lowest BCUT2D eigenvalue weighted by molar-refractivity contribution is 0.313. The summed E-state index contributed by atoms with van der Waals surface area (Å²) >= 11 is 0. The Kier molecular flexibility index (Phi) is 4.21. The summed E-state index contributed by atoms with van der Waals surface area (Å²) in [5.41, 5.74) is 0. The predicted octanol–water partition coefficient (Wildman–Crippen LogP) is 1.89. The molecule has 0 aliphatic heterocycles. The Morgan fingerprint density at radius 3 is 2.41 bits per heavy atom. The van der Waals surface area contributed by atoms with E-state index in [0.29, 0.717) is 0 Å². The van der Waals surface area contributed by atoms with Gasteiger partial charge in [0.25, 0.3) is 10.0 Å². The van der Waals surface area contributed by atoms with Crippen LogP contribution in [0.2, 0.25) is 0 Å². The second-order valence-corrected chi connectivity index (χ2v) is 6.21. The van der Waals surface area contributed by atoms with Crippen LogP contribution in [-0.2, 0) is 10.0 Å². The molecule has 0 saturated carbocycles. The maximum Gasteiger partial charge on any atom is 0.263 e. The molecule has 1 heterocycles. The number of rotatable bonds is 4. The van der Waals surface area contributed by atoms with Gasteiger partial charge in [0.2, 0.25) is 5.03 Å². The minimum atomic E-state index is -3.87. The van der Waals surface area contributed by atoms with Gasteiger partial charge in [-0.1, -0.05) is 13.8 Å². The van der Waals surface area contributed by atoms with Gasteiger partial charge in [0.1, 0.15) is 0 Å². The minimum absolute atomic E-state index is 0.140. The van der Waals surface area contributed by atoms with Crippen molar-refractivity contribution in [2.45, 2.75) is 31.8 Å². The Bertz CT molecular complexity index is 488. The predicted molar refractivity (Wildman–Crippen MR) is 63.4 cm³/mol. The van der Waals surface area contributed by atoms with E-state index in [2.05, 4.69) is 4.98 Å². The zero-order valence-electron chi connectivity index (χ0n) is 10.4. The normalized spacial score (nSPS) is 14.3. The Morgan fingerprint density at radius 1 is 1.35 bits per heavy atom. The first-order chi connectivity index (χ1) is 7.78. The topological polar surface area (TPSA) is 50.3 Å². The summed E-state index contributed by atoms with van der Waals surface area (Å²) in [6, 6.07) is 2.23. The van der Waals surface area contributed by atoms with E-state index in [0.717, 1.165) is 10.4 Å². The van der Waals surface area contributed by atoms with E-state index in [1.54, 1.807) is 6.92 Å². The van der Waals surface area contributed by atoms with E-state index >= 15 is 0 Å². The van der Waals surface area contributed by atoms with Gasteiger partial charge in [-0.3, -0.25) is 0 Å². The van der Waals surface area contributed by atoms with Crippen molar-refractivity contribution in [1.29, 1.82) is 0 Å². The minimum Gasteiger partial charge on any atom is -0.241 e. The maximum atomic E-state index is 13.4. The molecule has 1 rings (SSSR count). The summed E-state index contributed by atoms with van der Waals surface area (Å²) in [5, 5.41) is -0.519. The first-order valence-electron chi connectivity index (χ1n) is 5.37. The van der Waals surface area contributed by atoms with Crippen molar-refractivity contribution in [3.8, 4) is 0 Å². The Labute approximate surface area is 102 Å². The third kappa shape index (κ3) is 2.81. The van der Waals surface area contributed by atoms with Crippen molar-refractivity contribution in [1.82, 2.24) is 9.29 Å². The highest BCUT2D eigenvalue weighted by Crippen LogP contribution is 2.20. The average Bonchev–Trinajstić information content (AvgIpc) is 2.27. The van der Waals surface area contributed by atoms with Crippen molar-refractivity contribution in [2.75, 3.05) is 7.05 Å². The number of sulfonamides is 1. The third-order valence-corrected chi connectivity index (χ3v) is 4.77. The Balaban J connectivity index is 3.17. The van der Waals surface area contributed by atoms with Crippen LogP contribution in [0.15, 0.2) is 23.4 Å². The van der Waals surface area contributed by atoms with Gasteiger partial charge in [-0.25, -0.2) is 17.8 Å². The molecule has 0 spiro atoms. The molecule has 96 valence electrons. The molecule has 1 aromatic heterocycles. The van der Waals surface area contributed by atoms with Crippen LogP contribution in [0.5, 0.6) is 0 Å². The second kappa shape index (κ2) is 5.10. The number of aromatic nitrogens is 1. The highest BCUT2D eigenvalue weighted by Gasteiger charge is 2.30. The number of pyridine rings is 1. The standard InChI is InChI=1S/C11H17FN2O2S/c1-8(2)9(3)14(4)17(15,16)11-10(12)6-5-7-13-11/h5-9H,1-4H3. The quantitative estimate of drug-likeness (QED) is 0.830. The van der Waals surface area contributed by atoms with Crippen molar-refractivity contribution in [3.05, 3.63) is 24.1 Å². The molecular weight excluding hydrogens is 243 g/mol. The molecule has 0 N–H and O–H groups in total. The third-order valence-electron chi connectivity index (χ3n) is 2.89. The Hall–Kier alpha value is -1.01. The van der Waals surface area contributed by atoms with Crippen molar-refractivity contribution in [3.63, 3.8) is 0 Å². The monoisotopic (exact) mass is 260 g/mol. The molecule has 0 bridgehead atoms. The molecule has 4 nitrogen and oxygen atoms in total. The number of halogens is 1. The van der Waals surface area contributed by atoms with Crippen molar-refractivity contribution in [2.24, 2.45) is 5.92 Å². The van der Waals surface area contributed by atoms with Gasteiger partial charge in [-0.05, 0) is 25.0 Å². The average molecular weight is 260 g/mol. The highest BCUT2D eigenvalue weighted by molar-refractivity contribution is 7.89. The number of hydrogen-bond acceptors (Lipinski definition) is 3. The summed E-state index contributed by atoms with van der Waals surface area (Å²) in [5.74, 6) is -0.683. The fraction of sp³-hybridized carbons (Fsp3) is 0.545. The molecule has 0 amide bonds. The molecule has 17 heavy (non-hydrogen) atoms. The van der Waals surface area contributed by atoms with Gasteiger partial charge in [0, 0.05) is 19.3 Å². The van der Waals surface area contributed by atoms with Crippen LogP contribution in [0.1, 0.15) is 20.8 Å². The molecule has 0 saturated heterocycles. The van der Waals surface area contributed by atoms with Gasteiger partial charge in [-0.15, -0.1) is 0 Å². The van der Waals surface area contributed by atoms with Gasteiger partial charge in [-0.2, -0.15) is 4.31 Å². The first-order valence-corrected chi connectivity index (χ1v) is 6.81. The molecule has 0 fully saturated rings. The summed E-state index contributed by atoms with van der Waals surface area (Å²) in [4.78, 5) is 3.61. The molecule has 0 aromatic carbocycles. The van der Waals surface area contributed by atoms with Gasteiger partial charge in [0.05, 0.1) is 0 Å². The van der Waals surface area contributed by atoms with Crippen LogP contribution in [-0.4, -0.2) is 30.8 Å². The lowest BCUT2D eigenvalue weighted by atomic mass is 10.1. The summed E-state index contributed by atoms with van der Waals surface area (Å²) in [6.45, 7) is 5.60. The summed E-state index contributed by atoms with van der Waals surface area (Å²) in [7, 11) is -2.43. The zero-order valence-corrected chi connectivity index (χ0v) is 11.2. The van der Waals surface area contributed by atoms with Gasteiger partial charge < -0.3 is 0 Å². The first kappa shape index (κ1) is 14.1. The maximum absolute atomic E-state index is 13.4. The highest BCUT2D eigenvalue weighted by atomic mass is 32.2. The number of nitrogens with zero attached hydrogens (tertiary/aromatic N) is 2. The van der Waals surface area contributed by atoms with Crippen LogP contribution in [0, 0.1) is 11.7 Å². The fourth-order valence-corrected chi connectivity index (χ4v) is 2.80. The van der Waals surface area contributed by atoms with Crippen LogP contribution in [0.4, 0.5) is 4.39 Å². The number of hydrogen-bond donors (Lipinski definition) is 0. The van der Waals surface area contributed by atoms with Crippen molar-refractivity contribution < 1.29 is 12.8 Å².